The van der Waals surface area contributed by atoms with E-state index in [0.717, 1.165) is 29.4 Å². The van der Waals surface area contributed by atoms with E-state index in [4.69, 9.17) is 4.74 Å². The molecule has 0 saturated carbocycles. The molecule has 6 heteroatoms. The van der Waals surface area contributed by atoms with Crippen LogP contribution in [-0.2, 0) is 4.74 Å². The normalized spacial score (nSPS) is 15.9. The molecular weight excluding hydrogens is 371 g/mol. The summed E-state index contributed by atoms with van der Waals surface area (Å²) in [5, 5.41) is 15.0. The SMILES string of the molecule is O=C(NCC(c1ccc(F)cc1)N1CCOCC1)c1cc2ccccc2cc1O. The molecule has 3 aromatic carbocycles. The van der Waals surface area contributed by atoms with Gasteiger partial charge in [-0.15, -0.1) is 0 Å². The maximum absolute atomic E-state index is 13.4. The van der Waals surface area contributed by atoms with Crippen LogP contribution in [0.3, 0.4) is 0 Å². The Kier molecular flexibility index (Phi) is 5.74. The molecular formula is C23H23FN2O3. The number of aromatic hydroxyl groups is 1. The standard InChI is InChI=1S/C23H23FN2O3/c24-19-7-5-16(6-8-19)21(26-9-11-29-12-10-26)15-25-23(28)20-13-17-3-1-2-4-18(17)14-22(20)27/h1-8,13-14,21,27H,9-12,15H2,(H,25,28). The predicted octanol–water partition coefficient (Wildman–Crippen LogP) is 3.49. The number of nitrogens with zero attached hydrogens (tertiary/aromatic N) is 1. The first-order valence-corrected chi connectivity index (χ1v) is 9.69. The van der Waals surface area contributed by atoms with E-state index < -0.39 is 0 Å². The average molecular weight is 394 g/mol. The fraction of sp³-hybridized carbons (Fsp3) is 0.261. The Hall–Kier alpha value is -2.96. The number of carbonyl (C=O) groups is 1. The van der Waals surface area contributed by atoms with Gasteiger partial charge in [-0.25, -0.2) is 4.39 Å². The van der Waals surface area contributed by atoms with E-state index in [0.29, 0.717) is 19.8 Å². The molecule has 0 spiro atoms. The van der Waals surface area contributed by atoms with Crippen LogP contribution in [-0.4, -0.2) is 48.8 Å². The van der Waals surface area contributed by atoms with Gasteiger partial charge in [0.1, 0.15) is 11.6 Å². The van der Waals surface area contributed by atoms with Gasteiger partial charge in [0.2, 0.25) is 0 Å². The number of phenols is 1. The number of halogens is 1. The number of carbonyl (C=O) groups excluding carboxylic acids is 1. The van der Waals surface area contributed by atoms with E-state index in [-0.39, 0.29) is 29.1 Å². The second kappa shape index (κ2) is 8.59. The average Bonchev–Trinajstić information content (AvgIpc) is 2.75. The molecule has 0 radical (unpaired) electrons. The Bertz CT molecular complexity index is 1000. The van der Waals surface area contributed by atoms with Crippen LogP contribution in [0.15, 0.2) is 60.7 Å². The first-order valence-electron chi connectivity index (χ1n) is 9.69. The quantitative estimate of drug-likeness (QED) is 0.696. The van der Waals surface area contributed by atoms with E-state index in [2.05, 4.69) is 10.2 Å². The van der Waals surface area contributed by atoms with Crippen molar-refractivity contribution >= 4 is 16.7 Å². The number of rotatable bonds is 5. The summed E-state index contributed by atoms with van der Waals surface area (Å²) in [6, 6.07) is 17.1. The highest BCUT2D eigenvalue weighted by Gasteiger charge is 2.24. The minimum absolute atomic E-state index is 0.0501. The highest BCUT2D eigenvalue weighted by molar-refractivity contribution is 6.01. The van der Waals surface area contributed by atoms with Crippen LogP contribution in [0.25, 0.3) is 10.8 Å². The zero-order valence-corrected chi connectivity index (χ0v) is 16.0. The van der Waals surface area contributed by atoms with Crippen molar-refractivity contribution in [2.45, 2.75) is 6.04 Å². The first-order chi connectivity index (χ1) is 14.1. The van der Waals surface area contributed by atoms with Crippen LogP contribution >= 0.6 is 0 Å². The van der Waals surface area contributed by atoms with Crippen LogP contribution < -0.4 is 5.32 Å². The number of morpholine rings is 1. The molecule has 5 nitrogen and oxygen atoms in total. The first kappa shape index (κ1) is 19.4. The van der Waals surface area contributed by atoms with Crippen molar-refractivity contribution in [3.8, 4) is 5.75 Å². The van der Waals surface area contributed by atoms with Gasteiger partial charge in [0, 0.05) is 19.6 Å². The second-order valence-electron chi connectivity index (χ2n) is 7.14. The molecule has 29 heavy (non-hydrogen) atoms. The summed E-state index contributed by atoms with van der Waals surface area (Å²) in [6.07, 6.45) is 0. The van der Waals surface area contributed by atoms with Gasteiger partial charge in [-0.1, -0.05) is 36.4 Å². The minimum atomic E-state index is -0.339. The molecule has 1 atom stereocenters. The lowest BCUT2D eigenvalue weighted by molar-refractivity contribution is 0.0162. The molecule has 1 fully saturated rings. The van der Waals surface area contributed by atoms with Gasteiger partial charge < -0.3 is 15.2 Å². The number of fused-ring (bicyclic) bond motifs is 1. The molecule has 0 aliphatic carbocycles. The largest absolute Gasteiger partial charge is 0.507 e. The molecule has 150 valence electrons. The molecule has 1 amide bonds. The molecule has 1 aliphatic rings. The van der Waals surface area contributed by atoms with E-state index in [1.807, 2.05) is 24.3 Å². The summed E-state index contributed by atoms with van der Waals surface area (Å²) in [7, 11) is 0. The van der Waals surface area contributed by atoms with Crippen molar-refractivity contribution in [3.63, 3.8) is 0 Å². The zero-order valence-electron chi connectivity index (χ0n) is 16.0. The number of hydrogen-bond acceptors (Lipinski definition) is 4. The van der Waals surface area contributed by atoms with E-state index in [1.165, 1.54) is 12.1 Å². The van der Waals surface area contributed by atoms with Crippen molar-refractivity contribution in [2.75, 3.05) is 32.8 Å². The van der Waals surface area contributed by atoms with Crippen LogP contribution in [0.4, 0.5) is 4.39 Å². The van der Waals surface area contributed by atoms with Crippen LogP contribution in [0.5, 0.6) is 5.75 Å². The van der Waals surface area contributed by atoms with Gasteiger partial charge in [-0.2, -0.15) is 0 Å². The molecule has 3 aromatic rings. The molecule has 0 aromatic heterocycles. The Morgan fingerprint density at radius 2 is 1.72 bits per heavy atom. The number of ether oxygens (including phenoxy) is 1. The van der Waals surface area contributed by atoms with Gasteiger partial charge in [0.25, 0.3) is 5.91 Å². The molecule has 4 rings (SSSR count). The number of benzene rings is 3. The molecule has 2 N–H and O–H groups in total. The lowest BCUT2D eigenvalue weighted by Crippen LogP contribution is -2.43. The monoisotopic (exact) mass is 394 g/mol. The van der Waals surface area contributed by atoms with Crippen molar-refractivity contribution in [1.29, 1.82) is 0 Å². The van der Waals surface area contributed by atoms with E-state index in [1.54, 1.807) is 24.3 Å². The maximum Gasteiger partial charge on any atom is 0.255 e. The minimum Gasteiger partial charge on any atom is -0.507 e. The molecule has 1 saturated heterocycles. The van der Waals surface area contributed by atoms with Gasteiger partial charge in [-0.05, 0) is 40.6 Å². The number of nitrogens with one attached hydrogen (secondary N) is 1. The van der Waals surface area contributed by atoms with E-state index in [9.17, 15) is 14.3 Å². The molecule has 1 aliphatic heterocycles. The molecule has 1 heterocycles. The summed E-state index contributed by atoms with van der Waals surface area (Å²) >= 11 is 0. The Balaban J connectivity index is 1.54. The van der Waals surface area contributed by atoms with Crippen molar-refractivity contribution in [2.24, 2.45) is 0 Å². The summed E-state index contributed by atoms with van der Waals surface area (Å²) in [6.45, 7) is 3.06. The van der Waals surface area contributed by atoms with Gasteiger partial charge in [-0.3, -0.25) is 9.69 Å². The topological polar surface area (TPSA) is 61.8 Å². The Morgan fingerprint density at radius 1 is 1.07 bits per heavy atom. The third kappa shape index (κ3) is 4.39. The zero-order chi connectivity index (χ0) is 20.2. The van der Waals surface area contributed by atoms with E-state index >= 15 is 0 Å². The number of amides is 1. The lowest BCUT2D eigenvalue weighted by Gasteiger charge is -2.35. The maximum atomic E-state index is 13.4. The second-order valence-corrected chi connectivity index (χ2v) is 7.14. The Labute approximate surface area is 168 Å². The van der Waals surface area contributed by atoms with Crippen molar-refractivity contribution in [1.82, 2.24) is 10.2 Å². The third-order valence-corrected chi connectivity index (χ3v) is 5.31. The molecule has 1 unspecified atom stereocenters. The van der Waals surface area contributed by atoms with Gasteiger partial charge >= 0.3 is 0 Å². The van der Waals surface area contributed by atoms with Crippen LogP contribution in [0.2, 0.25) is 0 Å². The third-order valence-electron chi connectivity index (χ3n) is 5.31. The molecule has 0 bridgehead atoms. The lowest BCUT2D eigenvalue weighted by atomic mass is 10.0. The fourth-order valence-electron chi connectivity index (χ4n) is 3.73. The van der Waals surface area contributed by atoms with Gasteiger partial charge in [0.15, 0.2) is 0 Å². The summed E-state index contributed by atoms with van der Waals surface area (Å²) in [4.78, 5) is 15.0. The summed E-state index contributed by atoms with van der Waals surface area (Å²) in [5.74, 6) is -0.681. The summed E-state index contributed by atoms with van der Waals surface area (Å²) in [5.41, 5.74) is 1.17. The van der Waals surface area contributed by atoms with Crippen molar-refractivity contribution < 1.29 is 19.0 Å². The summed E-state index contributed by atoms with van der Waals surface area (Å²) < 4.78 is 18.8. The highest BCUT2D eigenvalue weighted by Crippen LogP contribution is 2.26. The van der Waals surface area contributed by atoms with Crippen LogP contribution in [0, 0.1) is 5.82 Å². The number of phenolic OH excluding ortho intramolecular Hbond substituents is 1. The van der Waals surface area contributed by atoms with Crippen molar-refractivity contribution in [3.05, 3.63) is 77.6 Å². The Morgan fingerprint density at radius 3 is 2.41 bits per heavy atom. The smallest absolute Gasteiger partial charge is 0.255 e. The fourth-order valence-corrected chi connectivity index (χ4v) is 3.73. The highest BCUT2D eigenvalue weighted by atomic mass is 19.1. The van der Waals surface area contributed by atoms with Gasteiger partial charge in [0.05, 0.1) is 24.8 Å². The van der Waals surface area contributed by atoms with Crippen LogP contribution in [0.1, 0.15) is 22.0 Å². The number of hydrogen-bond donors (Lipinski definition) is 2. The predicted molar refractivity (Wildman–Crippen MR) is 109 cm³/mol.